The summed E-state index contributed by atoms with van der Waals surface area (Å²) in [7, 11) is 3.37. The maximum absolute atomic E-state index is 13.0. The highest BCUT2D eigenvalue weighted by Gasteiger charge is 2.54. The second-order valence-electron chi connectivity index (χ2n) is 7.79. The lowest BCUT2D eigenvalue weighted by Gasteiger charge is -2.51. The van der Waals surface area contributed by atoms with E-state index >= 15 is 0 Å². The second kappa shape index (κ2) is 8.17. The molecule has 1 aromatic rings. The first-order chi connectivity index (χ1) is 13.2. The van der Waals surface area contributed by atoms with Crippen LogP contribution in [0, 0.1) is 5.92 Å². The predicted molar refractivity (Wildman–Crippen MR) is 102 cm³/mol. The van der Waals surface area contributed by atoms with Crippen molar-refractivity contribution in [1.82, 2.24) is 9.80 Å². The van der Waals surface area contributed by atoms with Gasteiger partial charge in [-0.2, -0.15) is 0 Å². The van der Waals surface area contributed by atoms with Crippen molar-refractivity contribution in [3.8, 4) is 5.75 Å². The molecule has 4 aliphatic heterocycles. The molecule has 2 bridgehead atoms. The van der Waals surface area contributed by atoms with Crippen LogP contribution >= 0.6 is 0 Å². The molecule has 1 aromatic carbocycles. The SMILES string of the molecule is COCCOCC(=O)N1C[C@@H](c2ccccc2OC)[C@H]2[C@@H]1C1CCN2CC1. The molecular weight excluding hydrogens is 344 g/mol. The molecule has 4 saturated heterocycles. The number of para-hydroxylation sites is 1. The van der Waals surface area contributed by atoms with Gasteiger partial charge in [-0.1, -0.05) is 18.2 Å². The minimum absolute atomic E-state index is 0.104. The molecule has 3 atom stereocenters. The Labute approximate surface area is 161 Å². The summed E-state index contributed by atoms with van der Waals surface area (Å²) >= 11 is 0. The normalized spacial score (nSPS) is 31.8. The Morgan fingerprint density at radius 1 is 1.11 bits per heavy atom. The van der Waals surface area contributed by atoms with Crippen LogP contribution in [-0.4, -0.2) is 81.5 Å². The lowest BCUT2D eigenvalue weighted by molar-refractivity contribution is -0.141. The molecule has 5 rings (SSSR count). The number of rotatable bonds is 7. The molecule has 4 aliphatic rings. The molecule has 0 aliphatic carbocycles. The summed E-state index contributed by atoms with van der Waals surface area (Å²) in [6.07, 6.45) is 2.38. The smallest absolute Gasteiger partial charge is 0.248 e. The first-order valence-corrected chi connectivity index (χ1v) is 9.97. The number of amides is 1. The first-order valence-electron chi connectivity index (χ1n) is 9.97. The Kier molecular flexibility index (Phi) is 5.66. The number of benzene rings is 1. The third kappa shape index (κ3) is 3.46. The Hall–Kier alpha value is -1.63. The molecule has 0 aromatic heterocycles. The van der Waals surface area contributed by atoms with Gasteiger partial charge in [-0.15, -0.1) is 0 Å². The lowest BCUT2D eigenvalue weighted by Crippen LogP contribution is -2.61. The van der Waals surface area contributed by atoms with Crippen LogP contribution in [0.25, 0.3) is 0 Å². The Morgan fingerprint density at radius 2 is 1.89 bits per heavy atom. The summed E-state index contributed by atoms with van der Waals surface area (Å²) in [5, 5.41) is 0. The van der Waals surface area contributed by atoms with Gasteiger partial charge in [0.1, 0.15) is 12.4 Å². The van der Waals surface area contributed by atoms with Crippen molar-refractivity contribution in [2.75, 3.05) is 53.7 Å². The zero-order valence-electron chi connectivity index (χ0n) is 16.3. The molecular formula is C21H30N2O4. The van der Waals surface area contributed by atoms with E-state index in [9.17, 15) is 4.79 Å². The Morgan fingerprint density at radius 3 is 2.63 bits per heavy atom. The molecule has 0 radical (unpaired) electrons. The predicted octanol–water partition coefficient (Wildman–Crippen LogP) is 1.75. The maximum atomic E-state index is 13.0. The van der Waals surface area contributed by atoms with E-state index in [-0.39, 0.29) is 18.4 Å². The Bertz CT molecular complexity index is 659. The van der Waals surface area contributed by atoms with E-state index in [0.717, 1.165) is 25.4 Å². The van der Waals surface area contributed by atoms with Crippen LogP contribution in [0.3, 0.4) is 0 Å². The molecule has 4 heterocycles. The summed E-state index contributed by atoms with van der Waals surface area (Å²) in [4.78, 5) is 17.7. The van der Waals surface area contributed by atoms with Gasteiger partial charge in [-0.3, -0.25) is 9.69 Å². The fraction of sp³-hybridized carbons (Fsp3) is 0.667. The molecule has 0 N–H and O–H groups in total. The van der Waals surface area contributed by atoms with Crippen LogP contribution < -0.4 is 4.74 Å². The van der Waals surface area contributed by atoms with E-state index < -0.39 is 0 Å². The van der Waals surface area contributed by atoms with Gasteiger partial charge in [0, 0.05) is 31.2 Å². The molecule has 4 fully saturated rings. The van der Waals surface area contributed by atoms with Gasteiger partial charge in [-0.05, 0) is 37.9 Å². The summed E-state index contributed by atoms with van der Waals surface area (Å²) < 4.78 is 16.2. The molecule has 6 heteroatoms. The van der Waals surface area contributed by atoms with Crippen molar-refractivity contribution >= 4 is 5.91 Å². The van der Waals surface area contributed by atoms with Gasteiger partial charge in [0.25, 0.3) is 0 Å². The van der Waals surface area contributed by atoms with E-state index in [0.29, 0.717) is 31.2 Å². The van der Waals surface area contributed by atoms with Crippen LogP contribution in [-0.2, 0) is 14.3 Å². The standard InChI is InChI=1S/C21H30N2O4/c1-25-11-12-27-14-19(24)23-13-17(16-5-3-4-6-18(16)26-2)21-20(23)15-7-9-22(21)10-8-15/h3-6,15,17,20-21H,7-14H2,1-2H3/t17-,20-,21-/m0/s1. The number of hydrogen-bond donors (Lipinski definition) is 0. The number of carbonyl (C=O) groups is 1. The number of fused-ring (bicyclic) bond motifs is 2. The highest BCUT2D eigenvalue weighted by Crippen LogP contribution is 2.48. The van der Waals surface area contributed by atoms with Crippen molar-refractivity contribution in [3.05, 3.63) is 29.8 Å². The summed E-state index contributed by atoms with van der Waals surface area (Å²) in [5.41, 5.74) is 1.22. The number of methoxy groups -OCH3 is 2. The van der Waals surface area contributed by atoms with Gasteiger partial charge in [-0.25, -0.2) is 0 Å². The molecule has 27 heavy (non-hydrogen) atoms. The fourth-order valence-electron chi connectivity index (χ4n) is 5.33. The van der Waals surface area contributed by atoms with Crippen LogP contribution in [0.5, 0.6) is 5.75 Å². The molecule has 0 spiro atoms. The van der Waals surface area contributed by atoms with Gasteiger partial charge in [0.15, 0.2) is 0 Å². The molecule has 0 saturated carbocycles. The number of piperidine rings is 3. The summed E-state index contributed by atoms with van der Waals surface area (Å²) in [6, 6.07) is 8.94. The van der Waals surface area contributed by atoms with Crippen LogP contribution in [0.2, 0.25) is 0 Å². The van der Waals surface area contributed by atoms with E-state index in [1.807, 2.05) is 12.1 Å². The molecule has 148 valence electrons. The van der Waals surface area contributed by atoms with Gasteiger partial charge in [0.2, 0.25) is 5.91 Å². The van der Waals surface area contributed by atoms with Crippen molar-refractivity contribution in [2.45, 2.75) is 30.8 Å². The van der Waals surface area contributed by atoms with Crippen molar-refractivity contribution < 1.29 is 19.0 Å². The first kappa shape index (κ1) is 18.7. The molecule has 1 amide bonds. The zero-order valence-corrected chi connectivity index (χ0v) is 16.3. The highest BCUT2D eigenvalue weighted by atomic mass is 16.5. The highest BCUT2D eigenvalue weighted by molar-refractivity contribution is 5.78. The monoisotopic (exact) mass is 374 g/mol. The second-order valence-corrected chi connectivity index (χ2v) is 7.79. The quantitative estimate of drug-likeness (QED) is 0.681. The van der Waals surface area contributed by atoms with Crippen LogP contribution in [0.1, 0.15) is 24.3 Å². The maximum Gasteiger partial charge on any atom is 0.248 e. The third-order valence-corrected chi connectivity index (χ3v) is 6.51. The topological polar surface area (TPSA) is 51.2 Å². The van der Waals surface area contributed by atoms with Crippen molar-refractivity contribution in [2.24, 2.45) is 5.92 Å². The number of nitrogens with zero attached hydrogens (tertiary/aromatic N) is 2. The number of likely N-dealkylation sites (tertiary alicyclic amines) is 1. The number of hydrogen-bond acceptors (Lipinski definition) is 5. The Balaban J connectivity index is 1.58. The molecule has 0 unspecified atom stereocenters. The van der Waals surface area contributed by atoms with Crippen LogP contribution in [0.15, 0.2) is 24.3 Å². The third-order valence-electron chi connectivity index (χ3n) is 6.51. The van der Waals surface area contributed by atoms with Gasteiger partial charge < -0.3 is 19.1 Å². The minimum atomic E-state index is 0.104. The van der Waals surface area contributed by atoms with Gasteiger partial charge >= 0.3 is 0 Å². The zero-order chi connectivity index (χ0) is 18.8. The van der Waals surface area contributed by atoms with E-state index in [1.165, 1.54) is 18.4 Å². The van der Waals surface area contributed by atoms with E-state index in [4.69, 9.17) is 14.2 Å². The lowest BCUT2D eigenvalue weighted by atomic mass is 9.75. The largest absolute Gasteiger partial charge is 0.496 e. The minimum Gasteiger partial charge on any atom is -0.496 e. The summed E-state index contributed by atoms with van der Waals surface area (Å²) in [5.74, 6) is 1.92. The van der Waals surface area contributed by atoms with E-state index in [2.05, 4.69) is 21.9 Å². The average molecular weight is 374 g/mol. The van der Waals surface area contributed by atoms with Gasteiger partial charge in [0.05, 0.1) is 26.4 Å². The fourth-order valence-corrected chi connectivity index (χ4v) is 5.33. The summed E-state index contributed by atoms with van der Waals surface area (Å²) in [6.45, 7) is 4.13. The number of carbonyl (C=O) groups excluding carboxylic acids is 1. The van der Waals surface area contributed by atoms with Crippen molar-refractivity contribution in [3.63, 3.8) is 0 Å². The van der Waals surface area contributed by atoms with E-state index in [1.54, 1.807) is 14.2 Å². The molecule has 6 nitrogen and oxygen atoms in total. The number of ether oxygens (including phenoxy) is 3. The van der Waals surface area contributed by atoms with Crippen molar-refractivity contribution in [1.29, 1.82) is 0 Å². The van der Waals surface area contributed by atoms with Crippen LogP contribution in [0.4, 0.5) is 0 Å². The average Bonchev–Trinajstić information content (AvgIpc) is 3.15.